The molecule has 0 bridgehead atoms. The summed E-state index contributed by atoms with van der Waals surface area (Å²) in [5, 5.41) is 19.0. The lowest BCUT2D eigenvalue weighted by atomic mass is 10.2. The van der Waals surface area contributed by atoms with E-state index in [4.69, 9.17) is 0 Å². The van der Waals surface area contributed by atoms with Crippen LogP contribution in [0, 0.1) is 0 Å². The van der Waals surface area contributed by atoms with Gasteiger partial charge in [0.05, 0.1) is 23.8 Å². The predicted octanol–water partition coefficient (Wildman–Crippen LogP) is 3.95. The summed E-state index contributed by atoms with van der Waals surface area (Å²) >= 11 is 1.56. The molecule has 3 aromatic heterocycles. The first-order valence-electron chi connectivity index (χ1n) is 8.74. The second-order valence-electron chi connectivity index (χ2n) is 6.07. The van der Waals surface area contributed by atoms with E-state index in [0.717, 1.165) is 38.1 Å². The van der Waals surface area contributed by atoms with Crippen molar-refractivity contribution >= 4 is 28.2 Å². The molecule has 2 aromatic carbocycles. The molecule has 0 saturated carbocycles. The first-order valence-corrected chi connectivity index (χ1v) is 9.56. The maximum absolute atomic E-state index is 4.47. The van der Waals surface area contributed by atoms with Gasteiger partial charge in [-0.15, -0.1) is 10.2 Å². The highest BCUT2D eigenvalue weighted by atomic mass is 32.1. The maximum Gasteiger partial charge on any atom is 0.168 e. The van der Waals surface area contributed by atoms with E-state index in [0.29, 0.717) is 6.54 Å². The van der Waals surface area contributed by atoms with Crippen LogP contribution in [0.3, 0.4) is 0 Å². The number of para-hydroxylation sites is 1. The molecular weight excluding hydrogens is 370 g/mol. The average Bonchev–Trinajstić information content (AvgIpc) is 3.41. The van der Waals surface area contributed by atoms with Crippen LogP contribution in [-0.4, -0.2) is 29.9 Å². The van der Waals surface area contributed by atoms with E-state index in [1.54, 1.807) is 28.5 Å². The van der Waals surface area contributed by atoms with Crippen molar-refractivity contribution < 1.29 is 0 Å². The minimum absolute atomic E-state index is 0.535. The molecule has 7 nitrogen and oxygen atoms in total. The van der Waals surface area contributed by atoms with Crippen LogP contribution in [0.1, 0.15) is 5.01 Å². The van der Waals surface area contributed by atoms with Gasteiger partial charge in [0.15, 0.2) is 5.65 Å². The zero-order valence-corrected chi connectivity index (χ0v) is 15.5. The number of fused-ring (bicyclic) bond motifs is 1. The van der Waals surface area contributed by atoms with Crippen molar-refractivity contribution in [1.29, 1.82) is 0 Å². The molecule has 0 atom stereocenters. The molecule has 0 saturated heterocycles. The van der Waals surface area contributed by atoms with Crippen molar-refractivity contribution in [2.75, 3.05) is 5.32 Å². The fourth-order valence-electron chi connectivity index (χ4n) is 2.92. The summed E-state index contributed by atoms with van der Waals surface area (Å²) in [5.41, 5.74) is 2.78. The fraction of sp³-hybridized carbons (Fsp3) is 0.0500. The minimum atomic E-state index is 0.535. The number of rotatable bonds is 5. The molecule has 0 amide bonds. The largest absolute Gasteiger partial charge is 0.363 e. The highest BCUT2D eigenvalue weighted by Crippen LogP contribution is 2.25. The van der Waals surface area contributed by atoms with Crippen molar-refractivity contribution in [2.24, 2.45) is 0 Å². The number of anilines is 1. The Hall–Kier alpha value is -3.65. The van der Waals surface area contributed by atoms with Crippen molar-refractivity contribution in [3.05, 3.63) is 78.2 Å². The van der Waals surface area contributed by atoms with E-state index < -0.39 is 0 Å². The number of hydrogen-bond donors (Lipinski definition) is 1. The molecule has 1 N–H and O–H groups in total. The van der Waals surface area contributed by atoms with Crippen LogP contribution >= 0.6 is 11.3 Å². The highest BCUT2D eigenvalue weighted by Gasteiger charge is 2.12. The molecular formula is C20H15N7S. The van der Waals surface area contributed by atoms with Gasteiger partial charge < -0.3 is 5.32 Å². The third kappa shape index (κ3) is 3.10. The van der Waals surface area contributed by atoms with Gasteiger partial charge in [-0.25, -0.2) is 14.6 Å². The van der Waals surface area contributed by atoms with Crippen LogP contribution in [-0.2, 0) is 6.54 Å². The summed E-state index contributed by atoms with van der Waals surface area (Å²) in [6.07, 6.45) is 3.32. The van der Waals surface area contributed by atoms with Crippen molar-refractivity contribution in [2.45, 2.75) is 6.54 Å². The Morgan fingerprint density at radius 2 is 1.68 bits per heavy atom. The summed E-state index contributed by atoms with van der Waals surface area (Å²) in [6.45, 7) is 0.535. The van der Waals surface area contributed by atoms with E-state index in [1.165, 1.54) is 0 Å². The van der Waals surface area contributed by atoms with Gasteiger partial charge >= 0.3 is 0 Å². The lowest BCUT2D eigenvalue weighted by Crippen LogP contribution is -2.03. The van der Waals surface area contributed by atoms with Crippen molar-refractivity contribution in [1.82, 2.24) is 29.9 Å². The van der Waals surface area contributed by atoms with Crippen LogP contribution in [0.4, 0.5) is 5.82 Å². The van der Waals surface area contributed by atoms with Gasteiger partial charge in [-0.05, 0) is 12.1 Å². The second-order valence-corrected chi connectivity index (χ2v) is 7.13. The Labute approximate surface area is 164 Å². The lowest BCUT2D eigenvalue weighted by Gasteiger charge is -2.05. The van der Waals surface area contributed by atoms with Gasteiger partial charge in [0, 0.05) is 5.56 Å². The second kappa shape index (κ2) is 7.16. The average molecular weight is 385 g/mol. The van der Waals surface area contributed by atoms with E-state index in [9.17, 15) is 0 Å². The third-order valence-electron chi connectivity index (χ3n) is 4.26. The highest BCUT2D eigenvalue weighted by molar-refractivity contribution is 7.14. The molecule has 0 aliphatic rings. The SMILES string of the molecule is c1ccc(-c2nnc(CNc3ncnc4c3cnn4-c3ccccc3)s2)cc1. The number of nitrogens with one attached hydrogen (secondary N) is 1. The zero-order chi connectivity index (χ0) is 18.8. The maximum atomic E-state index is 4.47. The van der Waals surface area contributed by atoms with Gasteiger partial charge in [0.25, 0.3) is 0 Å². The Balaban J connectivity index is 1.39. The standard InChI is InChI=1S/C20H15N7S/c1-3-7-14(8-4-1)20-26-25-17(28-20)12-21-18-16-11-24-27(19(16)23-13-22-18)15-9-5-2-6-10-15/h1-11,13H,12H2,(H,21,22,23). The summed E-state index contributed by atoms with van der Waals surface area (Å²) in [7, 11) is 0. The van der Waals surface area contributed by atoms with Crippen LogP contribution < -0.4 is 5.32 Å². The van der Waals surface area contributed by atoms with Gasteiger partial charge in [-0.2, -0.15) is 5.10 Å². The molecule has 0 aliphatic heterocycles. The Bertz CT molecular complexity index is 1220. The van der Waals surface area contributed by atoms with Crippen molar-refractivity contribution in [3.63, 3.8) is 0 Å². The molecule has 5 rings (SSSR count). The van der Waals surface area contributed by atoms with E-state index in [2.05, 4.69) is 30.6 Å². The first-order chi connectivity index (χ1) is 13.9. The Kier molecular flexibility index (Phi) is 4.23. The van der Waals surface area contributed by atoms with E-state index in [1.807, 2.05) is 60.7 Å². The van der Waals surface area contributed by atoms with Gasteiger partial charge in [-0.3, -0.25) is 0 Å². The molecule has 8 heteroatoms. The number of nitrogens with zero attached hydrogens (tertiary/aromatic N) is 6. The van der Waals surface area contributed by atoms with Gasteiger partial charge in [-0.1, -0.05) is 59.9 Å². The molecule has 5 aromatic rings. The molecule has 28 heavy (non-hydrogen) atoms. The number of hydrogen-bond acceptors (Lipinski definition) is 7. The van der Waals surface area contributed by atoms with E-state index >= 15 is 0 Å². The Morgan fingerprint density at radius 1 is 0.893 bits per heavy atom. The summed E-state index contributed by atoms with van der Waals surface area (Å²) < 4.78 is 1.81. The normalized spacial score (nSPS) is 11.0. The molecule has 0 unspecified atom stereocenters. The molecule has 0 fully saturated rings. The molecule has 0 radical (unpaired) electrons. The third-order valence-corrected chi connectivity index (χ3v) is 5.23. The van der Waals surface area contributed by atoms with Crippen LogP contribution in [0.15, 0.2) is 73.2 Å². The molecule has 3 heterocycles. The lowest BCUT2D eigenvalue weighted by molar-refractivity contribution is 0.895. The summed E-state index contributed by atoms with van der Waals surface area (Å²) in [4.78, 5) is 8.78. The molecule has 0 spiro atoms. The molecule has 0 aliphatic carbocycles. The Morgan fingerprint density at radius 3 is 2.50 bits per heavy atom. The zero-order valence-electron chi connectivity index (χ0n) is 14.7. The van der Waals surface area contributed by atoms with Crippen LogP contribution in [0.25, 0.3) is 27.3 Å². The minimum Gasteiger partial charge on any atom is -0.363 e. The smallest absolute Gasteiger partial charge is 0.168 e. The first kappa shape index (κ1) is 16.5. The number of benzene rings is 2. The fourth-order valence-corrected chi connectivity index (χ4v) is 3.71. The van der Waals surface area contributed by atoms with Crippen LogP contribution in [0.2, 0.25) is 0 Å². The van der Waals surface area contributed by atoms with Gasteiger partial charge in [0.1, 0.15) is 22.2 Å². The monoisotopic (exact) mass is 385 g/mol. The summed E-state index contributed by atoms with van der Waals surface area (Å²) in [6, 6.07) is 20.0. The summed E-state index contributed by atoms with van der Waals surface area (Å²) in [5.74, 6) is 0.726. The quantitative estimate of drug-likeness (QED) is 0.493. The van der Waals surface area contributed by atoms with E-state index in [-0.39, 0.29) is 0 Å². The van der Waals surface area contributed by atoms with Crippen LogP contribution in [0.5, 0.6) is 0 Å². The van der Waals surface area contributed by atoms with Crippen molar-refractivity contribution in [3.8, 4) is 16.3 Å². The van der Waals surface area contributed by atoms with Gasteiger partial charge in [0.2, 0.25) is 0 Å². The topological polar surface area (TPSA) is 81.4 Å². The predicted molar refractivity (Wildman–Crippen MR) is 109 cm³/mol. The number of aromatic nitrogens is 6. The molecule has 136 valence electrons.